The van der Waals surface area contributed by atoms with Gasteiger partial charge in [-0.25, -0.2) is 13.8 Å². The molecule has 2 heterocycles. The Kier molecular flexibility index (Phi) is 7.29. The molecule has 0 radical (unpaired) electrons. The van der Waals surface area contributed by atoms with Crippen molar-refractivity contribution < 1.29 is 23.5 Å². The lowest BCUT2D eigenvalue weighted by Crippen LogP contribution is -2.36. The number of hydrogen-bond acceptors (Lipinski definition) is 5. The van der Waals surface area contributed by atoms with Crippen LogP contribution in [0.4, 0.5) is 20.3 Å². The molecule has 0 saturated carbocycles. The lowest BCUT2D eigenvalue weighted by molar-refractivity contribution is -0.116. The van der Waals surface area contributed by atoms with Gasteiger partial charge < -0.3 is 20.6 Å². The molecule has 0 bridgehead atoms. The normalized spacial score (nSPS) is 14.4. The number of anilines is 2. The predicted octanol–water partition coefficient (Wildman–Crippen LogP) is 2.33. The minimum absolute atomic E-state index is 0.00102. The highest BCUT2D eigenvalue weighted by Crippen LogP contribution is 2.27. The van der Waals surface area contributed by atoms with Crippen molar-refractivity contribution >= 4 is 23.3 Å². The van der Waals surface area contributed by atoms with Crippen LogP contribution in [0.15, 0.2) is 36.5 Å². The highest BCUT2D eigenvalue weighted by atomic mass is 19.1. The van der Waals surface area contributed by atoms with Gasteiger partial charge in [0.05, 0.1) is 11.3 Å². The molecule has 9 heteroatoms. The monoisotopic (exact) mass is 418 g/mol. The van der Waals surface area contributed by atoms with Gasteiger partial charge in [-0.05, 0) is 43.0 Å². The molecule has 3 N–H and O–H groups in total. The summed E-state index contributed by atoms with van der Waals surface area (Å²) in [6.45, 7) is 1.65. The first-order valence-electron chi connectivity index (χ1n) is 9.82. The number of piperidine rings is 1. The number of carbonyl (C=O) groups excluding carboxylic acids is 2. The molecule has 2 amide bonds. The van der Waals surface area contributed by atoms with E-state index < -0.39 is 17.5 Å². The minimum Gasteiger partial charge on any atom is -0.396 e. The zero-order valence-corrected chi connectivity index (χ0v) is 16.4. The van der Waals surface area contributed by atoms with E-state index in [1.807, 2.05) is 0 Å². The lowest BCUT2D eigenvalue weighted by atomic mass is 9.98. The van der Waals surface area contributed by atoms with E-state index in [4.69, 9.17) is 0 Å². The fraction of sp³-hybridized carbons (Fsp3) is 0.381. The van der Waals surface area contributed by atoms with Gasteiger partial charge in [-0.2, -0.15) is 0 Å². The number of aliphatic hydroxyl groups is 1. The molecule has 0 aliphatic carbocycles. The summed E-state index contributed by atoms with van der Waals surface area (Å²) in [7, 11) is 0. The first-order chi connectivity index (χ1) is 14.5. The molecule has 1 aliphatic heterocycles. The summed E-state index contributed by atoms with van der Waals surface area (Å²) in [5.41, 5.74) is 0.290. The molecular formula is C21H24F2N4O3. The maximum Gasteiger partial charge on any atom is 0.254 e. The quantitative estimate of drug-likeness (QED) is 0.642. The molecule has 160 valence electrons. The zero-order chi connectivity index (χ0) is 21.5. The van der Waals surface area contributed by atoms with Crippen LogP contribution in [-0.4, -0.2) is 48.1 Å². The van der Waals surface area contributed by atoms with Gasteiger partial charge in [-0.15, -0.1) is 0 Å². The van der Waals surface area contributed by atoms with Crippen LogP contribution in [-0.2, 0) is 4.79 Å². The number of pyridine rings is 1. The molecule has 0 unspecified atom stereocenters. The number of aromatic nitrogens is 1. The SMILES string of the molecule is O=C(CCNC(=O)c1ccc(F)cc1F)Nc1cccnc1N1CCC(CO)CC1. The molecular weight excluding hydrogens is 394 g/mol. The van der Waals surface area contributed by atoms with Crippen LogP contribution in [0.1, 0.15) is 29.6 Å². The summed E-state index contributed by atoms with van der Waals surface area (Å²) in [5.74, 6) is -1.81. The zero-order valence-electron chi connectivity index (χ0n) is 16.4. The number of nitrogens with one attached hydrogen (secondary N) is 2. The van der Waals surface area contributed by atoms with Gasteiger partial charge in [-0.1, -0.05) is 0 Å². The van der Waals surface area contributed by atoms with Gasteiger partial charge >= 0.3 is 0 Å². The van der Waals surface area contributed by atoms with E-state index in [2.05, 4.69) is 20.5 Å². The Morgan fingerprint density at radius 3 is 2.67 bits per heavy atom. The molecule has 1 aromatic carbocycles. The molecule has 0 spiro atoms. The van der Waals surface area contributed by atoms with E-state index in [1.54, 1.807) is 18.3 Å². The Bertz CT molecular complexity index is 902. The minimum atomic E-state index is -0.957. The second-order valence-electron chi connectivity index (χ2n) is 7.17. The highest BCUT2D eigenvalue weighted by Gasteiger charge is 2.22. The maximum absolute atomic E-state index is 13.6. The fourth-order valence-electron chi connectivity index (χ4n) is 3.34. The Labute approximate surface area is 173 Å². The number of amides is 2. The molecule has 7 nitrogen and oxygen atoms in total. The third kappa shape index (κ3) is 5.50. The Balaban J connectivity index is 1.52. The van der Waals surface area contributed by atoms with Gasteiger partial charge in [0.25, 0.3) is 5.91 Å². The summed E-state index contributed by atoms with van der Waals surface area (Å²) in [4.78, 5) is 30.7. The average Bonchev–Trinajstić information content (AvgIpc) is 2.74. The van der Waals surface area contributed by atoms with Gasteiger partial charge in [0.1, 0.15) is 11.6 Å². The second kappa shape index (κ2) is 10.1. The smallest absolute Gasteiger partial charge is 0.254 e. The van der Waals surface area contributed by atoms with E-state index in [0.717, 1.165) is 38.1 Å². The maximum atomic E-state index is 13.6. The summed E-state index contributed by atoms with van der Waals surface area (Å²) in [6, 6.07) is 6.17. The van der Waals surface area contributed by atoms with Gasteiger partial charge in [0, 0.05) is 44.9 Å². The number of halogens is 2. The number of aliphatic hydroxyl groups excluding tert-OH is 1. The van der Waals surface area contributed by atoms with Crippen molar-refractivity contribution in [2.45, 2.75) is 19.3 Å². The van der Waals surface area contributed by atoms with E-state index in [0.29, 0.717) is 17.6 Å². The average molecular weight is 418 g/mol. The summed E-state index contributed by atoms with van der Waals surface area (Å²) < 4.78 is 26.6. The first kappa shape index (κ1) is 21.6. The van der Waals surface area contributed by atoms with Crippen molar-refractivity contribution in [2.75, 3.05) is 36.5 Å². The van der Waals surface area contributed by atoms with Crippen molar-refractivity contribution in [3.05, 3.63) is 53.7 Å². The topological polar surface area (TPSA) is 94.6 Å². The van der Waals surface area contributed by atoms with Crippen molar-refractivity contribution in [3.63, 3.8) is 0 Å². The van der Waals surface area contributed by atoms with Crippen molar-refractivity contribution in [1.82, 2.24) is 10.3 Å². The van der Waals surface area contributed by atoms with Crippen molar-refractivity contribution in [1.29, 1.82) is 0 Å². The van der Waals surface area contributed by atoms with Crippen LogP contribution in [0, 0.1) is 17.6 Å². The summed E-state index contributed by atoms with van der Waals surface area (Å²) >= 11 is 0. The first-order valence-corrected chi connectivity index (χ1v) is 9.82. The van der Waals surface area contributed by atoms with Gasteiger partial charge in [0.15, 0.2) is 5.82 Å². The Hall–Kier alpha value is -3.07. The molecule has 1 aromatic heterocycles. The summed E-state index contributed by atoms with van der Waals surface area (Å²) in [6.07, 6.45) is 3.34. The fourth-order valence-corrected chi connectivity index (χ4v) is 3.34. The van der Waals surface area contributed by atoms with Crippen LogP contribution < -0.4 is 15.5 Å². The number of nitrogens with zero attached hydrogens (tertiary/aromatic N) is 2. The molecule has 1 fully saturated rings. The van der Waals surface area contributed by atoms with Crippen LogP contribution >= 0.6 is 0 Å². The van der Waals surface area contributed by atoms with E-state index in [9.17, 15) is 23.5 Å². The molecule has 1 aliphatic rings. The highest BCUT2D eigenvalue weighted by molar-refractivity contribution is 5.96. The van der Waals surface area contributed by atoms with E-state index in [-0.39, 0.29) is 37.0 Å². The third-order valence-corrected chi connectivity index (χ3v) is 5.05. The standard InChI is InChI=1S/C21H24F2N4O3/c22-15-3-4-16(17(23)12-15)21(30)25-9-5-19(29)26-18-2-1-8-24-20(18)27-10-6-14(13-28)7-11-27/h1-4,8,12,14,28H,5-7,9-11,13H2,(H,25,30)(H,26,29). The number of carbonyl (C=O) groups is 2. The van der Waals surface area contributed by atoms with Crippen molar-refractivity contribution in [3.8, 4) is 0 Å². The van der Waals surface area contributed by atoms with Crippen LogP contribution in [0.5, 0.6) is 0 Å². The molecule has 30 heavy (non-hydrogen) atoms. The van der Waals surface area contributed by atoms with Crippen LogP contribution in [0.2, 0.25) is 0 Å². The van der Waals surface area contributed by atoms with Gasteiger partial charge in [-0.3, -0.25) is 9.59 Å². The largest absolute Gasteiger partial charge is 0.396 e. The number of benzene rings is 1. The lowest BCUT2D eigenvalue weighted by Gasteiger charge is -2.33. The van der Waals surface area contributed by atoms with E-state index in [1.165, 1.54) is 0 Å². The summed E-state index contributed by atoms with van der Waals surface area (Å²) in [5, 5.41) is 14.5. The van der Waals surface area contributed by atoms with Crippen LogP contribution in [0.25, 0.3) is 0 Å². The molecule has 3 rings (SSSR count). The molecule has 1 saturated heterocycles. The molecule has 2 aromatic rings. The molecule has 0 atom stereocenters. The number of hydrogen-bond donors (Lipinski definition) is 3. The Morgan fingerprint density at radius 1 is 1.20 bits per heavy atom. The predicted molar refractivity (Wildman–Crippen MR) is 108 cm³/mol. The van der Waals surface area contributed by atoms with E-state index >= 15 is 0 Å². The van der Waals surface area contributed by atoms with Crippen LogP contribution in [0.3, 0.4) is 0 Å². The van der Waals surface area contributed by atoms with Gasteiger partial charge in [0.2, 0.25) is 5.91 Å². The second-order valence-corrected chi connectivity index (χ2v) is 7.17. The Morgan fingerprint density at radius 2 is 1.97 bits per heavy atom. The van der Waals surface area contributed by atoms with Crippen molar-refractivity contribution in [2.24, 2.45) is 5.92 Å². The number of rotatable bonds is 7. The third-order valence-electron chi connectivity index (χ3n) is 5.05.